The molecule has 0 bridgehead atoms. The Morgan fingerprint density at radius 2 is 1.42 bits per heavy atom. The Bertz CT molecular complexity index is 936. The van der Waals surface area contributed by atoms with Gasteiger partial charge in [-0.05, 0) is 55.7 Å². The molecular weight excluding hydrogens is 414 g/mol. The highest BCUT2D eigenvalue weighted by atomic mass is 32.2. The lowest BCUT2D eigenvalue weighted by molar-refractivity contribution is 0.309. The number of hydrogen-bond acceptors (Lipinski definition) is 7. The minimum absolute atomic E-state index is 0.304. The third kappa shape index (κ3) is 5.10. The van der Waals surface area contributed by atoms with Gasteiger partial charge in [0.2, 0.25) is 10.0 Å². The van der Waals surface area contributed by atoms with Gasteiger partial charge in [0, 0.05) is 39.3 Å². The molecule has 2 saturated heterocycles. The van der Waals surface area contributed by atoms with Gasteiger partial charge in [-0.1, -0.05) is 13.3 Å². The van der Waals surface area contributed by atoms with E-state index >= 15 is 0 Å². The van der Waals surface area contributed by atoms with Gasteiger partial charge in [0.1, 0.15) is 5.75 Å². The van der Waals surface area contributed by atoms with Gasteiger partial charge in [-0.2, -0.15) is 4.31 Å². The minimum atomic E-state index is -3.52. The smallest absolute Gasteiger partial charge is 0.243 e. The molecule has 0 aliphatic carbocycles. The molecule has 1 aromatic carbocycles. The Balaban J connectivity index is 1.34. The zero-order chi connectivity index (χ0) is 21.7. The number of rotatable bonds is 8. The van der Waals surface area contributed by atoms with E-state index in [0.29, 0.717) is 43.4 Å². The van der Waals surface area contributed by atoms with E-state index in [1.165, 1.54) is 12.8 Å². The van der Waals surface area contributed by atoms with Gasteiger partial charge in [-0.25, -0.2) is 8.42 Å². The first kappa shape index (κ1) is 21.8. The van der Waals surface area contributed by atoms with Gasteiger partial charge in [0.05, 0.1) is 11.5 Å². The summed E-state index contributed by atoms with van der Waals surface area (Å²) in [5.74, 6) is 2.42. The van der Waals surface area contributed by atoms with Crippen LogP contribution >= 0.6 is 0 Å². The zero-order valence-electron chi connectivity index (χ0n) is 18.1. The van der Waals surface area contributed by atoms with Crippen LogP contribution in [0.3, 0.4) is 0 Å². The van der Waals surface area contributed by atoms with Crippen LogP contribution in [-0.4, -0.2) is 68.8 Å². The number of hydrogen-bond donors (Lipinski definition) is 0. The molecule has 2 aliphatic heterocycles. The van der Waals surface area contributed by atoms with E-state index in [-0.39, 0.29) is 0 Å². The van der Waals surface area contributed by atoms with Gasteiger partial charge >= 0.3 is 0 Å². The van der Waals surface area contributed by atoms with E-state index < -0.39 is 10.0 Å². The van der Waals surface area contributed by atoms with Crippen molar-refractivity contribution < 1.29 is 13.2 Å². The monoisotopic (exact) mass is 445 g/mol. The van der Waals surface area contributed by atoms with E-state index in [1.807, 2.05) is 12.1 Å². The predicted molar refractivity (Wildman–Crippen MR) is 121 cm³/mol. The molecule has 31 heavy (non-hydrogen) atoms. The topological polar surface area (TPSA) is 78.9 Å². The van der Waals surface area contributed by atoms with E-state index in [9.17, 15) is 8.42 Å². The second-order valence-corrected chi connectivity index (χ2v) is 9.95. The van der Waals surface area contributed by atoms with Crippen molar-refractivity contribution in [3.05, 3.63) is 36.4 Å². The summed E-state index contributed by atoms with van der Waals surface area (Å²) in [6, 6.07) is 10.7. The molecule has 0 saturated carbocycles. The lowest BCUT2D eigenvalue weighted by Gasteiger charge is -2.34. The first-order chi connectivity index (χ1) is 15.1. The largest absolute Gasteiger partial charge is 0.494 e. The zero-order valence-corrected chi connectivity index (χ0v) is 18.9. The fourth-order valence-electron chi connectivity index (χ4n) is 3.95. The van der Waals surface area contributed by atoms with Crippen molar-refractivity contribution in [1.82, 2.24) is 14.5 Å². The maximum absolute atomic E-state index is 13.0. The number of nitrogens with zero attached hydrogens (tertiary/aromatic N) is 5. The Labute approximate surface area is 184 Å². The molecule has 0 radical (unpaired) electrons. The Morgan fingerprint density at radius 3 is 1.97 bits per heavy atom. The molecular formula is C22H31N5O3S. The summed E-state index contributed by atoms with van der Waals surface area (Å²) in [6.07, 6.45) is 4.45. The molecule has 0 amide bonds. The molecule has 1 aromatic heterocycles. The molecule has 0 unspecified atom stereocenters. The molecule has 0 N–H and O–H groups in total. The molecule has 0 spiro atoms. The number of unbranched alkanes of at least 4 members (excludes halogenated alkanes) is 1. The SMILES string of the molecule is CCCCOc1ccc(S(=O)(=O)N2CCN(c3ccc(N4CCCC4)nn3)CC2)cc1. The van der Waals surface area contributed by atoms with Crippen molar-refractivity contribution in [2.45, 2.75) is 37.5 Å². The van der Waals surface area contributed by atoms with E-state index in [2.05, 4.69) is 26.9 Å². The molecule has 3 heterocycles. The highest BCUT2D eigenvalue weighted by molar-refractivity contribution is 7.89. The second-order valence-electron chi connectivity index (χ2n) is 8.01. The van der Waals surface area contributed by atoms with Crippen LogP contribution in [0.25, 0.3) is 0 Å². The summed E-state index contributed by atoms with van der Waals surface area (Å²) >= 11 is 0. The summed E-state index contributed by atoms with van der Waals surface area (Å²) in [4.78, 5) is 4.65. The van der Waals surface area contributed by atoms with Gasteiger partial charge in [0.25, 0.3) is 0 Å². The quantitative estimate of drug-likeness (QED) is 0.578. The minimum Gasteiger partial charge on any atom is -0.494 e. The number of ether oxygens (including phenoxy) is 1. The van der Waals surface area contributed by atoms with Crippen LogP contribution in [0.1, 0.15) is 32.6 Å². The third-order valence-electron chi connectivity index (χ3n) is 5.86. The Morgan fingerprint density at radius 1 is 0.839 bits per heavy atom. The normalized spacial score (nSPS) is 17.8. The fraction of sp³-hybridized carbons (Fsp3) is 0.545. The van der Waals surface area contributed by atoms with E-state index in [4.69, 9.17) is 4.74 Å². The van der Waals surface area contributed by atoms with E-state index in [0.717, 1.165) is 37.6 Å². The van der Waals surface area contributed by atoms with Gasteiger partial charge < -0.3 is 14.5 Å². The summed E-state index contributed by atoms with van der Waals surface area (Å²) in [5, 5.41) is 8.76. The average molecular weight is 446 g/mol. The van der Waals surface area contributed by atoms with Crippen LogP contribution in [0.2, 0.25) is 0 Å². The number of anilines is 2. The molecule has 168 valence electrons. The first-order valence-electron chi connectivity index (χ1n) is 11.1. The van der Waals surface area contributed by atoms with Crippen molar-refractivity contribution >= 4 is 21.7 Å². The summed E-state index contributed by atoms with van der Waals surface area (Å²) in [5.41, 5.74) is 0. The van der Waals surface area contributed by atoms with Crippen LogP contribution in [-0.2, 0) is 10.0 Å². The maximum atomic E-state index is 13.0. The summed E-state index contributed by atoms with van der Waals surface area (Å²) in [7, 11) is -3.52. The van der Waals surface area contributed by atoms with Crippen LogP contribution in [0, 0.1) is 0 Å². The average Bonchev–Trinajstić information content (AvgIpc) is 3.35. The van der Waals surface area contributed by atoms with Crippen LogP contribution < -0.4 is 14.5 Å². The molecule has 2 fully saturated rings. The van der Waals surface area contributed by atoms with Crippen LogP contribution in [0.4, 0.5) is 11.6 Å². The highest BCUT2D eigenvalue weighted by Gasteiger charge is 2.29. The van der Waals surface area contributed by atoms with Crippen molar-refractivity contribution in [2.75, 3.05) is 55.7 Å². The van der Waals surface area contributed by atoms with Crippen LogP contribution in [0.15, 0.2) is 41.3 Å². The molecule has 0 atom stereocenters. The standard InChI is InChI=1S/C22H31N5O3S/c1-2-3-18-30-19-6-8-20(9-7-19)31(28,29)27-16-14-26(15-17-27)22-11-10-21(23-24-22)25-12-4-5-13-25/h6-11H,2-5,12-18H2,1H3. The van der Waals surface area contributed by atoms with Gasteiger partial charge in [-0.3, -0.25) is 0 Å². The third-order valence-corrected chi connectivity index (χ3v) is 7.77. The number of benzene rings is 1. The molecule has 2 aromatic rings. The fourth-order valence-corrected chi connectivity index (χ4v) is 5.37. The molecule has 9 heteroatoms. The summed E-state index contributed by atoms with van der Waals surface area (Å²) in [6.45, 7) is 6.86. The number of aromatic nitrogens is 2. The predicted octanol–water partition coefficient (Wildman–Crippen LogP) is 2.77. The van der Waals surface area contributed by atoms with Crippen molar-refractivity contribution in [2.24, 2.45) is 0 Å². The lowest BCUT2D eigenvalue weighted by Crippen LogP contribution is -2.49. The molecule has 8 nitrogen and oxygen atoms in total. The van der Waals surface area contributed by atoms with Crippen molar-refractivity contribution in [3.63, 3.8) is 0 Å². The van der Waals surface area contributed by atoms with E-state index in [1.54, 1.807) is 28.6 Å². The molecule has 2 aliphatic rings. The van der Waals surface area contributed by atoms with Crippen molar-refractivity contribution in [1.29, 1.82) is 0 Å². The lowest BCUT2D eigenvalue weighted by atomic mass is 10.3. The summed E-state index contributed by atoms with van der Waals surface area (Å²) < 4.78 is 33.2. The molecule has 4 rings (SSSR count). The van der Waals surface area contributed by atoms with Crippen LogP contribution in [0.5, 0.6) is 5.75 Å². The second kappa shape index (κ2) is 9.82. The maximum Gasteiger partial charge on any atom is 0.243 e. The highest BCUT2D eigenvalue weighted by Crippen LogP contribution is 2.23. The number of piperazine rings is 1. The van der Waals surface area contributed by atoms with Crippen molar-refractivity contribution in [3.8, 4) is 5.75 Å². The first-order valence-corrected chi connectivity index (χ1v) is 12.6. The van der Waals surface area contributed by atoms with Gasteiger partial charge in [-0.15, -0.1) is 10.2 Å². The number of sulfonamides is 1. The Hall–Kier alpha value is -2.39. The Kier molecular flexibility index (Phi) is 6.92. The van der Waals surface area contributed by atoms with Gasteiger partial charge in [0.15, 0.2) is 11.6 Å².